The molecule has 0 atom stereocenters. The van der Waals surface area contributed by atoms with E-state index < -0.39 is 0 Å². The molecule has 0 aromatic carbocycles. The molecule has 0 aliphatic heterocycles. The van der Waals surface area contributed by atoms with Gasteiger partial charge >= 0.3 is 33.9 Å². The summed E-state index contributed by atoms with van der Waals surface area (Å²) in [7, 11) is 0. The third kappa shape index (κ3) is 16.3. The molecule has 78 valence electrons. The molecule has 0 aromatic rings. The van der Waals surface area contributed by atoms with Crippen molar-refractivity contribution in [1.29, 1.82) is 0 Å². The van der Waals surface area contributed by atoms with E-state index in [9.17, 15) is 0 Å². The van der Waals surface area contributed by atoms with Gasteiger partial charge in [-0.2, -0.15) is 0 Å². The van der Waals surface area contributed by atoms with Gasteiger partial charge in [-0.1, -0.05) is 12.2 Å². The molecule has 0 bridgehead atoms. The molecule has 1 saturated carbocycles. The van der Waals surface area contributed by atoms with Crippen LogP contribution < -0.4 is 0 Å². The molecule has 3 nitrogen and oxygen atoms in total. The van der Waals surface area contributed by atoms with Crippen molar-refractivity contribution in [3.05, 3.63) is 63.7 Å². The van der Waals surface area contributed by atoms with Crippen molar-refractivity contribution < 1.29 is 34.4 Å². The monoisotopic (exact) mass is 376 g/mol. The number of hydrogen-bond acceptors (Lipinski definition) is 0. The van der Waals surface area contributed by atoms with E-state index in [0.717, 1.165) is 5.57 Å². The Morgan fingerprint density at radius 1 is 1.00 bits per heavy atom. The zero-order chi connectivity index (χ0) is 12.0. The molecule has 15 heavy (non-hydrogen) atoms. The van der Waals surface area contributed by atoms with Gasteiger partial charge < -0.3 is 0 Å². The maximum atomic E-state index is 7.50. The molecule has 1 aliphatic carbocycles. The third-order valence-corrected chi connectivity index (χ3v) is 1.16. The smallest absolute Gasteiger partial charge is 0 e. The average molecular weight is 375 g/mol. The summed E-state index contributed by atoms with van der Waals surface area (Å²) in [5.41, 5.74) is 1.13. The molecule has 4 heteroatoms. The van der Waals surface area contributed by atoms with E-state index in [1.165, 1.54) is 5.92 Å². The first kappa shape index (κ1) is 24.0. The standard InChI is InChI=1S/C8H9.3CO.Re/c1-7(2)8-5-3-4-6-8;3*1-2;/h3-6H,1H2,2H3;;;;. The van der Waals surface area contributed by atoms with Crippen LogP contribution in [0.1, 0.15) is 6.92 Å². The fraction of sp³-hybridized carbons (Fsp3) is 0.0909. The molecular weight excluding hydrogens is 366 g/mol. The minimum Gasteiger partial charge on any atom is 0 e. The van der Waals surface area contributed by atoms with Gasteiger partial charge in [0.05, 0.1) is 0 Å². The molecule has 0 unspecified atom stereocenters. The van der Waals surface area contributed by atoms with Crippen LogP contribution in [0.5, 0.6) is 0 Å². The van der Waals surface area contributed by atoms with Crippen LogP contribution in [0.3, 0.4) is 0 Å². The average Bonchev–Trinajstić information content (AvgIpc) is 2.80. The minimum absolute atomic E-state index is 0. The Morgan fingerprint density at radius 3 is 1.40 bits per heavy atom. The normalized spacial score (nSPS) is 11.9. The summed E-state index contributed by atoms with van der Waals surface area (Å²) < 4.78 is 22.5. The van der Waals surface area contributed by atoms with Crippen molar-refractivity contribution >= 4 is 0 Å². The minimum atomic E-state index is 0. The molecule has 0 heterocycles. The van der Waals surface area contributed by atoms with Crippen molar-refractivity contribution in [2.75, 3.05) is 0 Å². The van der Waals surface area contributed by atoms with E-state index in [-0.39, 0.29) is 20.4 Å². The fourth-order valence-corrected chi connectivity index (χ4v) is 0.659. The van der Waals surface area contributed by atoms with E-state index in [2.05, 4.69) is 39.4 Å². The summed E-state index contributed by atoms with van der Waals surface area (Å²) in [4.78, 5) is 0. The predicted molar refractivity (Wildman–Crippen MR) is 47.0 cm³/mol. The van der Waals surface area contributed by atoms with Gasteiger partial charge in [-0.3, -0.25) is 0 Å². The Kier molecular flexibility index (Phi) is 37.6. The second-order valence-electron chi connectivity index (χ2n) is 1.95. The fourth-order valence-electron chi connectivity index (χ4n) is 0.659. The Balaban J connectivity index is -0.0000000755. The SMILES string of the molecule is C=C(C)[C]1[CH][CH][CH][CH]1.[C-]#[O+].[C-]#[O+].[C-]#[O+].[Re]. The van der Waals surface area contributed by atoms with Gasteiger partial charge in [0.1, 0.15) is 0 Å². The molecule has 1 rings (SSSR count). The number of hydrogen-bond donors (Lipinski definition) is 0. The van der Waals surface area contributed by atoms with Gasteiger partial charge in [0.15, 0.2) is 0 Å². The summed E-state index contributed by atoms with van der Waals surface area (Å²) in [6.07, 6.45) is 8.15. The van der Waals surface area contributed by atoms with Crippen LogP contribution in [-0.2, 0) is 34.4 Å². The topological polar surface area (TPSA) is 59.7 Å². The van der Waals surface area contributed by atoms with E-state index in [0.29, 0.717) is 0 Å². The van der Waals surface area contributed by atoms with Gasteiger partial charge in [0.2, 0.25) is 0 Å². The Hall–Kier alpha value is -0.378. The van der Waals surface area contributed by atoms with Crippen LogP contribution >= 0.6 is 0 Å². The summed E-state index contributed by atoms with van der Waals surface area (Å²) in [5, 5.41) is 0. The summed E-state index contributed by atoms with van der Waals surface area (Å²) in [5.74, 6) is 1.24. The van der Waals surface area contributed by atoms with Gasteiger partial charge in [-0.25, -0.2) is 0 Å². The van der Waals surface area contributed by atoms with Gasteiger partial charge in [0.25, 0.3) is 0 Å². The molecule has 0 aromatic heterocycles. The summed E-state index contributed by atoms with van der Waals surface area (Å²) in [6.45, 7) is 19.3. The molecule has 0 spiro atoms. The zero-order valence-electron chi connectivity index (χ0n) is 8.12. The molecule has 0 saturated heterocycles. The molecular formula is C11H9O3Re. The van der Waals surface area contributed by atoms with E-state index in [1.54, 1.807) is 0 Å². The predicted octanol–water partition coefficient (Wildman–Crippen LogP) is 1.85. The summed E-state index contributed by atoms with van der Waals surface area (Å²) >= 11 is 0. The van der Waals surface area contributed by atoms with Gasteiger partial charge in [-0.15, -0.1) is 0 Å². The van der Waals surface area contributed by atoms with Crippen molar-refractivity contribution in [2.24, 2.45) is 0 Å². The third-order valence-electron chi connectivity index (χ3n) is 1.16. The van der Waals surface area contributed by atoms with Crippen LogP contribution in [0, 0.1) is 51.6 Å². The molecule has 0 N–H and O–H groups in total. The first-order chi connectivity index (χ1) is 6.80. The zero-order valence-corrected chi connectivity index (χ0v) is 10.8. The molecule has 1 aliphatic rings. The van der Waals surface area contributed by atoms with Crippen molar-refractivity contribution in [1.82, 2.24) is 0 Å². The van der Waals surface area contributed by atoms with Crippen LogP contribution in [0.2, 0.25) is 0 Å². The van der Waals surface area contributed by atoms with E-state index in [1.807, 2.05) is 19.8 Å². The number of rotatable bonds is 1. The van der Waals surface area contributed by atoms with Crippen LogP contribution in [0.4, 0.5) is 0 Å². The Morgan fingerprint density at radius 2 is 1.27 bits per heavy atom. The Labute approximate surface area is 105 Å². The quantitative estimate of drug-likeness (QED) is 0.496. The van der Waals surface area contributed by atoms with Crippen molar-refractivity contribution in [3.63, 3.8) is 0 Å². The van der Waals surface area contributed by atoms with Crippen molar-refractivity contribution in [2.45, 2.75) is 6.92 Å². The second-order valence-corrected chi connectivity index (χ2v) is 1.95. The number of allylic oxidation sites excluding steroid dienone is 1. The molecule has 6 radical (unpaired) electrons. The van der Waals surface area contributed by atoms with Crippen LogP contribution in [0.15, 0.2) is 12.2 Å². The largest absolute Gasteiger partial charge is 0 e. The second kappa shape index (κ2) is 23.4. The van der Waals surface area contributed by atoms with Crippen LogP contribution in [-0.4, -0.2) is 0 Å². The van der Waals surface area contributed by atoms with E-state index >= 15 is 0 Å². The first-order valence-electron chi connectivity index (χ1n) is 3.29. The molecule has 1 fully saturated rings. The van der Waals surface area contributed by atoms with E-state index in [4.69, 9.17) is 14.0 Å². The molecule has 0 amide bonds. The van der Waals surface area contributed by atoms with Crippen molar-refractivity contribution in [3.8, 4) is 0 Å². The maximum Gasteiger partial charge on any atom is 0 e. The summed E-state index contributed by atoms with van der Waals surface area (Å²) in [6, 6.07) is 0. The maximum absolute atomic E-state index is 7.50. The van der Waals surface area contributed by atoms with Gasteiger partial charge in [-0.05, 0) is 32.6 Å². The van der Waals surface area contributed by atoms with Crippen LogP contribution in [0.25, 0.3) is 0 Å². The first-order valence-corrected chi connectivity index (χ1v) is 3.29. The van der Waals surface area contributed by atoms with Gasteiger partial charge in [0, 0.05) is 26.3 Å². The Bertz CT molecular complexity index is 173.